The molecule has 1 aromatic carbocycles. The summed E-state index contributed by atoms with van der Waals surface area (Å²) in [6, 6.07) is 5.32. The average Bonchev–Trinajstić information content (AvgIpc) is 2.36. The van der Waals surface area contributed by atoms with Gasteiger partial charge in [0.1, 0.15) is 11.4 Å². The topological polar surface area (TPSA) is 21.3 Å². The van der Waals surface area contributed by atoms with E-state index in [4.69, 9.17) is 4.74 Å². The zero-order valence-corrected chi connectivity index (χ0v) is 11.5. The highest BCUT2D eigenvalue weighted by atomic mass is 19.4. The number of hydrogen-bond acceptors (Lipinski definition) is 2. The van der Waals surface area contributed by atoms with Crippen LogP contribution in [-0.4, -0.2) is 18.7 Å². The molecule has 0 heterocycles. The van der Waals surface area contributed by atoms with Gasteiger partial charge in [0.25, 0.3) is 0 Å². The van der Waals surface area contributed by atoms with Gasteiger partial charge in [-0.2, -0.15) is 13.2 Å². The van der Waals surface area contributed by atoms with Crippen LogP contribution in [0.5, 0.6) is 5.75 Å². The first-order valence-corrected chi connectivity index (χ1v) is 6.38. The first-order valence-electron chi connectivity index (χ1n) is 6.38. The van der Waals surface area contributed by atoms with Crippen molar-refractivity contribution in [2.75, 3.05) is 13.1 Å². The highest BCUT2D eigenvalue weighted by Crippen LogP contribution is 2.37. The van der Waals surface area contributed by atoms with Gasteiger partial charge in [-0.25, -0.2) is 0 Å². The SMILES string of the molecule is CCNCC(C)(CC)Oc1ccccc1C(F)(F)F. The number of para-hydroxylation sites is 1. The molecule has 0 bridgehead atoms. The lowest BCUT2D eigenvalue weighted by Crippen LogP contribution is -2.42. The zero-order valence-electron chi connectivity index (χ0n) is 11.5. The van der Waals surface area contributed by atoms with Gasteiger partial charge in [-0.15, -0.1) is 0 Å². The molecule has 108 valence electrons. The van der Waals surface area contributed by atoms with E-state index in [-0.39, 0.29) is 5.75 Å². The highest BCUT2D eigenvalue weighted by molar-refractivity contribution is 5.36. The van der Waals surface area contributed by atoms with Crippen molar-refractivity contribution in [3.63, 3.8) is 0 Å². The van der Waals surface area contributed by atoms with E-state index in [0.29, 0.717) is 13.0 Å². The van der Waals surface area contributed by atoms with Crippen molar-refractivity contribution in [1.82, 2.24) is 5.32 Å². The molecule has 1 N–H and O–H groups in total. The molecule has 0 spiro atoms. The minimum atomic E-state index is -4.40. The van der Waals surface area contributed by atoms with Crippen molar-refractivity contribution in [2.24, 2.45) is 0 Å². The van der Waals surface area contributed by atoms with Crippen LogP contribution in [0.4, 0.5) is 13.2 Å². The lowest BCUT2D eigenvalue weighted by atomic mass is 10.0. The van der Waals surface area contributed by atoms with Crippen molar-refractivity contribution < 1.29 is 17.9 Å². The van der Waals surface area contributed by atoms with Crippen LogP contribution in [0.15, 0.2) is 24.3 Å². The van der Waals surface area contributed by atoms with E-state index >= 15 is 0 Å². The Morgan fingerprint density at radius 3 is 2.32 bits per heavy atom. The molecule has 0 saturated heterocycles. The minimum absolute atomic E-state index is 0.114. The molecule has 1 aromatic rings. The second-order valence-corrected chi connectivity index (χ2v) is 4.68. The smallest absolute Gasteiger partial charge is 0.419 e. The van der Waals surface area contributed by atoms with Crippen LogP contribution < -0.4 is 10.1 Å². The largest absolute Gasteiger partial charge is 0.486 e. The van der Waals surface area contributed by atoms with Crippen LogP contribution in [0, 0.1) is 0 Å². The maximum absolute atomic E-state index is 12.9. The fraction of sp³-hybridized carbons (Fsp3) is 0.571. The predicted octanol–water partition coefficient (Wildman–Crippen LogP) is 3.86. The fourth-order valence-corrected chi connectivity index (χ4v) is 1.68. The summed E-state index contributed by atoms with van der Waals surface area (Å²) in [4.78, 5) is 0. The van der Waals surface area contributed by atoms with Gasteiger partial charge in [-0.1, -0.05) is 26.0 Å². The Labute approximate surface area is 112 Å². The van der Waals surface area contributed by atoms with E-state index in [0.717, 1.165) is 12.6 Å². The Balaban J connectivity index is 2.97. The van der Waals surface area contributed by atoms with Gasteiger partial charge in [0.05, 0.1) is 5.56 Å². The molecule has 0 amide bonds. The number of benzene rings is 1. The zero-order chi connectivity index (χ0) is 14.5. The number of rotatable bonds is 6. The van der Waals surface area contributed by atoms with Gasteiger partial charge in [0, 0.05) is 6.54 Å². The molecule has 19 heavy (non-hydrogen) atoms. The standard InChI is InChI=1S/C14H20F3NO/c1-4-13(3,10-18-5-2)19-12-9-7-6-8-11(12)14(15,16)17/h6-9,18H,4-5,10H2,1-3H3. The van der Waals surface area contributed by atoms with Crippen molar-refractivity contribution in [1.29, 1.82) is 0 Å². The third-order valence-corrected chi connectivity index (χ3v) is 3.05. The normalized spacial score (nSPS) is 15.1. The second-order valence-electron chi connectivity index (χ2n) is 4.68. The van der Waals surface area contributed by atoms with Crippen molar-refractivity contribution in [3.8, 4) is 5.75 Å². The molecule has 0 saturated carbocycles. The molecule has 0 aromatic heterocycles. The Kier molecular flexibility index (Phi) is 5.23. The number of halogens is 3. The number of alkyl halides is 3. The minimum Gasteiger partial charge on any atom is -0.486 e. The maximum atomic E-state index is 12.9. The molecule has 0 aliphatic carbocycles. The van der Waals surface area contributed by atoms with E-state index < -0.39 is 17.3 Å². The van der Waals surface area contributed by atoms with E-state index in [9.17, 15) is 13.2 Å². The van der Waals surface area contributed by atoms with Gasteiger partial charge >= 0.3 is 6.18 Å². The van der Waals surface area contributed by atoms with Gasteiger partial charge in [-0.05, 0) is 32.0 Å². The Hall–Kier alpha value is -1.23. The van der Waals surface area contributed by atoms with Crippen molar-refractivity contribution in [2.45, 2.75) is 39.0 Å². The molecule has 0 aliphatic heterocycles. The van der Waals surface area contributed by atoms with Crippen molar-refractivity contribution in [3.05, 3.63) is 29.8 Å². The summed E-state index contributed by atoms with van der Waals surface area (Å²) >= 11 is 0. The van der Waals surface area contributed by atoms with Gasteiger partial charge in [0.2, 0.25) is 0 Å². The molecule has 0 fully saturated rings. The molecule has 2 nitrogen and oxygen atoms in total. The molecular weight excluding hydrogens is 255 g/mol. The van der Waals surface area contributed by atoms with E-state index in [1.54, 1.807) is 6.07 Å². The fourth-order valence-electron chi connectivity index (χ4n) is 1.68. The summed E-state index contributed by atoms with van der Waals surface area (Å²) < 4.78 is 44.3. The molecule has 1 unspecified atom stereocenters. The van der Waals surface area contributed by atoms with Crippen molar-refractivity contribution >= 4 is 0 Å². The maximum Gasteiger partial charge on any atom is 0.419 e. The van der Waals surface area contributed by atoms with Crippen LogP contribution in [-0.2, 0) is 6.18 Å². The average molecular weight is 275 g/mol. The van der Waals surface area contributed by atoms with Crippen LogP contribution in [0.25, 0.3) is 0 Å². The van der Waals surface area contributed by atoms with E-state index in [1.807, 2.05) is 20.8 Å². The van der Waals surface area contributed by atoms with Gasteiger partial charge in [0.15, 0.2) is 0 Å². The van der Waals surface area contributed by atoms with Gasteiger partial charge in [-0.3, -0.25) is 0 Å². The summed E-state index contributed by atoms with van der Waals surface area (Å²) in [5, 5.41) is 3.11. The Morgan fingerprint density at radius 2 is 1.79 bits per heavy atom. The first kappa shape index (κ1) is 15.8. The Morgan fingerprint density at radius 1 is 1.16 bits per heavy atom. The van der Waals surface area contributed by atoms with Crippen LogP contribution in [0.1, 0.15) is 32.8 Å². The van der Waals surface area contributed by atoms with Gasteiger partial charge < -0.3 is 10.1 Å². The lowest BCUT2D eigenvalue weighted by molar-refractivity contribution is -0.139. The molecule has 1 rings (SSSR count). The summed E-state index contributed by atoms with van der Waals surface area (Å²) in [6.07, 6.45) is -3.78. The van der Waals surface area contributed by atoms with Crippen LogP contribution in [0.3, 0.4) is 0 Å². The summed E-state index contributed by atoms with van der Waals surface area (Å²) in [5.74, 6) is -0.114. The van der Waals surface area contributed by atoms with E-state index in [2.05, 4.69) is 5.32 Å². The quantitative estimate of drug-likeness (QED) is 0.851. The molecule has 5 heteroatoms. The molecular formula is C14H20F3NO. The number of hydrogen-bond donors (Lipinski definition) is 1. The highest BCUT2D eigenvalue weighted by Gasteiger charge is 2.36. The lowest BCUT2D eigenvalue weighted by Gasteiger charge is -2.31. The third kappa shape index (κ3) is 4.42. The molecule has 0 radical (unpaired) electrons. The number of nitrogens with one attached hydrogen (secondary N) is 1. The second kappa shape index (κ2) is 6.28. The monoisotopic (exact) mass is 275 g/mol. The summed E-state index contributed by atoms with van der Waals surface area (Å²) in [7, 11) is 0. The van der Waals surface area contributed by atoms with Crippen LogP contribution >= 0.6 is 0 Å². The Bertz CT molecular complexity index is 406. The molecule has 1 atom stereocenters. The summed E-state index contributed by atoms with van der Waals surface area (Å²) in [6.45, 7) is 6.90. The van der Waals surface area contributed by atoms with Crippen LogP contribution in [0.2, 0.25) is 0 Å². The number of likely N-dealkylation sites (N-methyl/N-ethyl adjacent to an activating group) is 1. The third-order valence-electron chi connectivity index (χ3n) is 3.05. The number of ether oxygens (including phenoxy) is 1. The first-order chi connectivity index (χ1) is 8.82. The molecule has 0 aliphatic rings. The predicted molar refractivity (Wildman–Crippen MR) is 69.3 cm³/mol. The summed E-state index contributed by atoms with van der Waals surface area (Å²) in [5.41, 5.74) is -1.39. The van der Waals surface area contributed by atoms with E-state index in [1.165, 1.54) is 12.1 Å².